The van der Waals surface area contributed by atoms with E-state index in [1.54, 1.807) is 29.2 Å². The van der Waals surface area contributed by atoms with Crippen molar-refractivity contribution in [2.45, 2.75) is 51.9 Å². The number of anilines is 1. The Hall–Kier alpha value is -2.61. The Morgan fingerprint density at radius 1 is 1.33 bits per heavy atom. The molecule has 0 radical (unpaired) electrons. The largest absolute Gasteiger partial charge is 0.444 e. The Balaban J connectivity index is 1.68. The lowest BCUT2D eigenvalue weighted by molar-refractivity contribution is 0.0235. The maximum atomic E-state index is 12.7. The molecule has 7 nitrogen and oxygen atoms in total. The maximum Gasteiger partial charge on any atom is 0.410 e. The van der Waals surface area contributed by atoms with Gasteiger partial charge in [-0.3, -0.25) is 0 Å². The summed E-state index contributed by atoms with van der Waals surface area (Å²) in [4.78, 5) is 22.4. The van der Waals surface area contributed by atoms with Crippen LogP contribution in [0.5, 0.6) is 11.6 Å². The van der Waals surface area contributed by atoms with Crippen LogP contribution in [0.1, 0.15) is 39.2 Å². The summed E-state index contributed by atoms with van der Waals surface area (Å²) in [5, 5.41) is 3.30. The predicted molar refractivity (Wildman–Crippen MR) is 113 cm³/mol. The van der Waals surface area contributed by atoms with Crippen LogP contribution in [-0.4, -0.2) is 45.7 Å². The minimum Gasteiger partial charge on any atom is -0.444 e. The minimum atomic E-state index is -0.541. The molecular formula is C21H26ClFN4O3. The summed E-state index contributed by atoms with van der Waals surface area (Å²) in [6.45, 7) is 6.15. The number of benzene rings is 1. The highest BCUT2D eigenvalue weighted by Gasteiger charge is 2.32. The zero-order valence-electron chi connectivity index (χ0n) is 17.3. The van der Waals surface area contributed by atoms with Gasteiger partial charge < -0.3 is 19.7 Å². The number of hydrogen-bond donors (Lipinski definition) is 1. The number of rotatable bonds is 6. The third kappa shape index (κ3) is 5.95. The molecular weight excluding hydrogens is 411 g/mol. The molecule has 1 aliphatic rings. The fraction of sp³-hybridized carbons (Fsp3) is 0.476. The third-order valence-corrected chi connectivity index (χ3v) is 4.73. The van der Waals surface area contributed by atoms with Crippen LogP contribution >= 0.6 is 11.6 Å². The average Bonchev–Trinajstić information content (AvgIpc) is 3.15. The average molecular weight is 437 g/mol. The van der Waals surface area contributed by atoms with Gasteiger partial charge in [0.1, 0.15) is 23.7 Å². The van der Waals surface area contributed by atoms with Gasteiger partial charge in [-0.05, 0) is 62.9 Å². The van der Waals surface area contributed by atoms with Crippen LogP contribution < -0.4 is 10.1 Å². The summed E-state index contributed by atoms with van der Waals surface area (Å²) in [5.74, 6) is 0.756. The molecule has 1 atom stereocenters. The van der Waals surface area contributed by atoms with Crippen molar-refractivity contribution in [3.05, 3.63) is 41.3 Å². The van der Waals surface area contributed by atoms with Crippen molar-refractivity contribution in [2.24, 2.45) is 0 Å². The van der Waals surface area contributed by atoms with Crippen LogP contribution in [0.3, 0.4) is 0 Å². The van der Waals surface area contributed by atoms with Gasteiger partial charge >= 0.3 is 6.09 Å². The first-order chi connectivity index (χ1) is 14.2. The van der Waals surface area contributed by atoms with Crippen molar-refractivity contribution in [3.8, 4) is 11.6 Å². The van der Waals surface area contributed by atoms with Gasteiger partial charge in [0.15, 0.2) is 0 Å². The number of aromatic nitrogens is 2. The number of amides is 1. The van der Waals surface area contributed by atoms with Crippen molar-refractivity contribution in [2.75, 3.05) is 18.4 Å². The first-order valence-corrected chi connectivity index (χ1v) is 10.2. The van der Waals surface area contributed by atoms with E-state index in [2.05, 4.69) is 15.3 Å². The molecule has 2 heterocycles. The molecule has 0 unspecified atom stereocenters. The smallest absolute Gasteiger partial charge is 0.410 e. The van der Waals surface area contributed by atoms with E-state index in [0.29, 0.717) is 30.1 Å². The molecule has 9 heteroatoms. The second-order valence-corrected chi connectivity index (χ2v) is 8.43. The van der Waals surface area contributed by atoms with E-state index in [0.717, 1.165) is 12.8 Å². The molecule has 1 amide bonds. The van der Waals surface area contributed by atoms with Gasteiger partial charge in [0, 0.05) is 13.1 Å². The predicted octanol–water partition coefficient (Wildman–Crippen LogP) is 5.20. The summed E-state index contributed by atoms with van der Waals surface area (Å²) in [6.07, 6.45) is 2.99. The Morgan fingerprint density at radius 2 is 2.07 bits per heavy atom. The van der Waals surface area contributed by atoms with Crippen molar-refractivity contribution >= 4 is 23.4 Å². The number of likely N-dealkylation sites (tertiary alicyclic amines) is 1. The van der Waals surface area contributed by atoms with Gasteiger partial charge in [0.05, 0.1) is 12.2 Å². The number of hydrogen-bond acceptors (Lipinski definition) is 6. The van der Waals surface area contributed by atoms with E-state index < -0.39 is 12.3 Å². The van der Waals surface area contributed by atoms with Gasteiger partial charge in [0.2, 0.25) is 11.2 Å². The van der Waals surface area contributed by atoms with Gasteiger partial charge in [0.25, 0.3) is 0 Å². The van der Waals surface area contributed by atoms with Crippen LogP contribution in [0.2, 0.25) is 5.28 Å². The summed E-state index contributed by atoms with van der Waals surface area (Å²) in [7, 11) is 0. The van der Waals surface area contributed by atoms with E-state index in [9.17, 15) is 9.18 Å². The number of halogens is 2. The molecule has 0 saturated carbocycles. The van der Waals surface area contributed by atoms with E-state index in [4.69, 9.17) is 21.1 Å². The summed E-state index contributed by atoms with van der Waals surface area (Å²) in [6, 6.07) is 6.59. The number of ether oxygens (including phenoxy) is 2. The van der Waals surface area contributed by atoms with Crippen LogP contribution in [0.15, 0.2) is 30.5 Å². The summed E-state index contributed by atoms with van der Waals surface area (Å²) in [5.41, 5.74) is 0.565. The van der Waals surface area contributed by atoms with Crippen LogP contribution in [-0.2, 0) is 11.4 Å². The van der Waals surface area contributed by atoms with Gasteiger partial charge in [-0.25, -0.2) is 14.2 Å². The Labute approximate surface area is 180 Å². The zero-order chi connectivity index (χ0) is 21.7. The number of alkyl halides is 1. The first-order valence-electron chi connectivity index (χ1n) is 9.84. The Kier molecular flexibility index (Phi) is 6.97. The monoisotopic (exact) mass is 436 g/mol. The van der Waals surface area contributed by atoms with Crippen molar-refractivity contribution in [1.29, 1.82) is 0 Å². The van der Waals surface area contributed by atoms with Crippen molar-refractivity contribution in [3.63, 3.8) is 0 Å². The maximum absolute atomic E-state index is 12.7. The van der Waals surface area contributed by atoms with Gasteiger partial charge in [-0.1, -0.05) is 12.1 Å². The van der Waals surface area contributed by atoms with E-state index in [1.165, 1.54) is 6.20 Å². The highest BCUT2D eigenvalue weighted by molar-refractivity contribution is 6.28. The molecule has 3 rings (SSSR count). The standard InChI is InChI=1S/C21H26ClFN4O3/c1-21(2,3)30-20(28)27-10-4-5-15(27)12-24-17-13-25-19(22)26-18(17)29-16-8-6-14(11-23)7-9-16/h6-9,13,15,24H,4-5,10-12H2,1-3H3/t15-/m0/s1. The quantitative estimate of drug-likeness (QED) is 0.627. The van der Waals surface area contributed by atoms with Crippen LogP contribution in [0.4, 0.5) is 14.9 Å². The second kappa shape index (κ2) is 9.47. The molecule has 1 aliphatic heterocycles. The normalized spacial score (nSPS) is 16.4. The lowest BCUT2D eigenvalue weighted by Crippen LogP contribution is -2.42. The number of carbonyl (C=O) groups excluding carboxylic acids is 1. The fourth-order valence-electron chi connectivity index (χ4n) is 3.14. The molecule has 1 aromatic carbocycles. The molecule has 1 aromatic heterocycles. The number of nitrogens with zero attached hydrogens (tertiary/aromatic N) is 3. The zero-order valence-corrected chi connectivity index (χ0v) is 18.1. The Bertz CT molecular complexity index is 874. The lowest BCUT2D eigenvalue weighted by atomic mass is 10.2. The van der Waals surface area contributed by atoms with E-state index in [1.807, 2.05) is 20.8 Å². The molecule has 0 bridgehead atoms. The number of carbonyl (C=O) groups is 1. The highest BCUT2D eigenvalue weighted by atomic mass is 35.5. The van der Waals surface area contributed by atoms with Gasteiger partial charge in [-0.15, -0.1) is 0 Å². The molecule has 0 aliphatic carbocycles. The van der Waals surface area contributed by atoms with Gasteiger partial charge in [-0.2, -0.15) is 4.98 Å². The fourth-order valence-corrected chi connectivity index (χ4v) is 3.27. The molecule has 30 heavy (non-hydrogen) atoms. The SMILES string of the molecule is CC(C)(C)OC(=O)N1CCC[C@H]1CNc1cnc(Cl)nc1Oc1ccc(CF)cc1. The summed E-state index contributed by atoms with van der Waals surface area (Å²) < 4.78 is 24.0. The Morgan fingerprint density at radius 3 is 2.73 bits per heavy atom. The molecule has 0 spiro atoms. The highest BCUT2D eigenvalue weighted by Crippen LogP contribution is 2.29. The second-order valence-electron chi connectivity index (χ2n) is 8.09. The lowest BCUT2D eigenvalue weighted by Gasteiger charge is -2.29. The van der Waals surface area contributed by atoms with E-state index >= 15 is 0 Å². The molecule has 1 saturated heterocycles. The van der Waals surface area contributed by atoms with Crippen molar-refractivity contribution in [1.82, 2.24) is 14.9 Å². The molecule has 1 fully saturated rings. The van der Waals surface area contributed by atoms with E-state index in [-0.39, 0.29) is 23.3 Å². The topological polar surface area (TPSA) is 76.6 Å². The summed E-state index contributed by atoms with van der Waals surface area (Å²) >= 11 is 5.94. The van der Waals surface area contributed by atoms with Crippen LogP contribution in [0.25, 0.3) is 0 Å². The molecule has 1 N–H and O–H groups in total. The number of nitrogens with one attached hydrogen (secondary N) is 1. The minimum absolute atomic E-state index is 0.0211. The molecule has 162 valence electrons. The first kappa shape index (κ1) is 22.1. The van der Waals surface area contributed by atoms with Crippen LogP contribution in [0, 0.1) is 0 Å². The van der Waals surface area contributed by atoms with Crippen molar-refractivity contribution < 1.29 is 18.7 Å². The third-order valence-electron chi connectivity index (χ3n) is 4.55. The molecule has 2 aromatic rings.